The fourth-order valence-electron chi connectivity index (χ4n) is 1.56. The van der Waals surface area contributed by atoms with Crippen LogP contribution in [0.15, 0.2) is 24.3 Å². The van der Waals surface area contributed by atoms with E-state index in [9.17, 15) is 4.79 Å². The van der Waals surface area contributed by atoms with Crippen molar-refractivity contribution in [2.75, 3.05) is 19.5 Å². The molecule has 0 bridgehead atoms. The first-order valence-corrected chi connectivity index (χ1v) is 6.28. The Morgan fingerprint density at radius 3 is 2.74 bits per heavy atom. The number of nitrogens with two attached hydrogens (primary N) is 1. The first-order chi connectivity index (χ1) is 8.81. The Kier molecular flexibility index (Phi) is 5.32. The van der Waals surface area contributed by atoms with E-state index in [-0.39, 0.29) is 11.6 Å². The molecular formula is C14H23N3O2. The van der Waals surface area contributed by atoms with Gasteiger partial charge in [0.05, 0.1) is 7.11 Å². The molecule has 0 heterocycles. The van der Waals surface area contributed by atoms with Crippen molar-refractivity contribution < 1.29 is 9.63 Å². The topological polar surface area (TPSA) is 67.6 Å². The Bertz CT molecular complexity index is 427. The molecule has 3 N–H and O–H groups in total. The number of carbonyl (C=O) groups is 1. The lowest BCUT2D eigenvalue weighted by molar-refractivity contribution is -0.0598. The van der Waals surface area contributed by atoms with E-state index in [0.29, 0.717) is 0 Å². The number of anilines is 1. The van der Waals surface area contributed by atoms with Crippen LogP contribution >= 0.6 is 0 Å². The maximum Gasteiger partial charge on any atom is 0.345 e. The summed E-state index contributed by atoms with van der Waals surface area (Å²) >= 11 is 0. The van der Waals surface area contributed by atoms with Crippen LogP contribution in [-0.4, -0.2) is 30.8 Å². The van der Waals surface area contributed by atoms with E-state index < -0.39 is 0 Å². The minimum absolute atomic E-state index is 0.185. The van der Waals surface area contributed by atoms with E-state index in [2.05, 4.69) is 5.32 Å². The third kappa shape index (κ3) is 5.72. The summed E-state index contributed by atoms with van der Waals surface area (Å²) in [5.74, 6) is 0. The van der Waals surface area contributed by atoms with Crippen LogP contribution in [-0.2, 0) is 11.3 Å². The summed E-state index contributed by atoms with van der Waals surface area (Å²) in [6.07, 6.45) is 1.77. The van der Waals surface area contributed by atoms with Gasteiger partial charge in [0, 0.05) is 18.3 Å². The summed E-state index contributed by atoms with van der Waals surface area (Å²) in [5, 5.41) is 3.90. The number of hydroxylamine groups is 2. The Morgan fingerprint density at radius 2 is 2.16 bits per heavy atom. The lowest BCUT2D eigenvalue weighted by atomic mass is 9.96. The van der Waals surface area contributed by atoms with Crippen LogP contribution in [0.4, 0.5) is 10.5 Å². The highest BCUT2D eigenvalue weighted by molar-refractivity contribution is 5.88. The summed E-state index contributed by atoms with van der Waals surface area (Å²) in [5.41, 5.74) is 7.68. The third-order valence-corrected chi connectivity index (χ3v) is 2.80. The highest BCUT2D eigenvalue weighted by Crippen LogP contribution is 2.15. The summed E-state index contributed by atoms with van der Waals surface area (Å²) < 4.78 is 0. The molecule has 0 aromatic heterocycles. The number of hydrogen-bond donors (Lipinski definition) is 2. The minimum Gasteiger partial charge on any atom is -0.326 e. The fourth-order valence-corrected chi connectivity index (χ4v) is 1.56. The van der Waals surface area contributed by atoms with Gasteiger partial charge < -0.3 is 11.1 Å². The van der Waals surface area contributed by atoms with Gasteiger partial charge in [0.1, 0.15) is 0 Å². The van der Waals surface area contributed by atoms with E-state index in [1.54, 1.807) is 7.05 Å². The predicted molar refractivity (Wildman–Crippen MR) is 76.8 cm³/mol. The number of rotatable bonds is 5. The third-order valence-electron chi connectivity index (χ3n) is 2.80. The normalized spacial score (nSPS) is 11.2. The zero-order valence-corrected chi connectivity index (χ0v) is 12.1. The lowest BCUT2D eigenvalue weighted by Crippen LogP contribution is -2.32. The van der Waals surface area contributed by atoms with Crippen molar-refractivity contribution in [1.29, 1.82) is 0 Å². The zero-order chi connectivity index (χ0) is 14.5. The van der Waals surface area contributed by atoms with Crippen molar-refractivity contribution in [2.24, 2.45) is 5.73 Å². The monoisotopic (exact) mass is 265 g/mol. The van der Waals surface area contributed by atoms with Gasteiger partial charge in [-0.05, 0) is 44.4 Å². The number of urea groups is 1. The number of aryl methyl sites for hydroxylation is 1. The second kappa shape index (κ2) is 6.54. The number of nitrogens with zero attached hydrogens (tertiary/aromatic N) is 1. The van der Waals surface area contributed by atoms with Crippen LogP contribution in [0.1, 0.15) is 25.8 Å². The summed E-state index contributed by atoms with van der Waals surface area (Å²) in [6.45, 7) is 4.01. The average molecular weight is 265 g/mol. The number of benzene rings is 1. The highest BCUT2D eigenvalue weighted by atomic mass is 16.7. The number of carbonyl (C=O) groups excluding carboxylic acids is 1. The molecule has 5 nitrogen and oxygen atoms in total. The molecule has 0 fully saturated rings. The van der Waals surface area contributed by atoms with Crippen molar-refractivity contribution >= 4 is 11.7 Å². The van der Waals surface area contributed by atoms with Gasteiger partial charge in [-0.3, -0.25) is 4.84 Å². The van der Waals surface area contributed by atoms with Crippen molar-refractivity contribution in [1.82, 2.24) is 5.06 Å². The molecule has 0 aliphatic rings. The van der Waals surface area contributed by atoms with E-state index >= 15 is 0 Å². The maximum atomic E-state index is 11.6. The second-order valence-electron chi connectivity index (χ2n) is 5.30. The largest absolute Gasteiger partial charge is 0.345 e. The molecule has 0 saturated heterocycles. The van der Waals surface area contributed by atoms with Gasteiger partial charge in [-0.2, -0.15) is 0 Å². The quantitative estimate of drug-likeness (QED) is 0.803. The van der Waals surface area contributed by atoms with E-state index in [1.165, 1.54) is 7.11 Å². The van der Waals surface area contributed by atoms with Crippen molar-refractivity contribution in [3.05, 3.63) is 29.8 Å². The van der Waals surface area contributed by atoms with Crippen LogP contribution in [0.25, 0.3) is 0 Å². The molecule has 0 saturated carbocycles. The van der Waals surface area contributed by atoms with Crippen LogP contribution in [0.3, 0.4) is 0 Å². The molecule has 1 rings (SSSR count). The van der Waals surface area contributed by atoms with E-state index in [4.69, 9.17) is 10.6 Å². The zero-order valence-electron chi connectivity index (χ0n) is 12.1. The lowest BCUT2D eigenvalue weighted by Gasteiger charge is -2.18. The maximum absolute atomic E-state index is 11.6. The summed E-state index contributed by atoms with van der Waals surface area (Å²) in [6, 6.07) is 7.44. The van der Waals surface area contributed by atoms with Crippen molar-refractivity contribution in [2.45, 2.75) is 32.2 Å². The smallest absolute Gasteiger partial charge is 0.326 e. The molecule has 0 radical (unpaired) electrons. The SMILES string of the molecule is CON(C)C(=O)Nc1cccc(CCC(C)(C)N)c1. The predicted octanol–water partition coefficient (Wildman–Crippen LogP) is 2.38. The van der Waals surface area contributed by atoms with E-state index in [0.717, 1.165) is 29.2 Å². The molecule has 0 aliphatic carbocycles. The average Bonchev–Trinajstić information content (AvgIpc) is 2.35. The first-order valence-electron chi connectivity index (χ1n) is 6.28. The van der Waals surface area contributed by atoms with Crippen LogP contribution < -0.4 is 11.1 Å². The molecule has 5 heteroatoms. The second-order valence-corrected chi connectivity index (χ2v) is 5.30. The van der Waals surface area contributed by atoms with Gasteiger partial charge in [0.15, 0.2) is 0 Å². The van der Waals surface area contributed by atoms with Gasteiger partial charge in [-0.15, -0.1) is 0 Å². The molecule has 1 aromatic rings. The Morgan fingerprint density at radius 1 is 1.47 bits per heavy atom. The summed E-state index contributed by atoms with van der Waals surface area (Å²) in [4.78, 5) is 16.5. The van der Waals surface area contributed by atoms with Crippen molar-refractivity contribution in [3.63, 3.8) is 0 Å². The van der Waals surface area contributed by atoms with E-state index in [1.807, 2.05) is 38.1 Å². The van der Waals surface area contributed by atoms with Gasteiger partial charge in [0.2, 0.25) is 0 Å². The van der Waals surface area contributed by atoms with Gasteiger partial charge in [-0.1, -0.05) is 12.1 Å². The highest BCUT2D eigenvalue weighted by Gasteiger charge is 2.11. The Balaban J connectivity index is 2.64. The van der Waals surface area contributed by atoms with Crippen molar-refractivity contribution in [3.8, 4) is 0 Å². The minimum atomic E-state index is -0.307. The standard InChI is InChI=1S/C14H23N3O2/c1-14(2,15)9-8-11-6-5-7-12(10-11)16-13(18)17(3)19-4/h5-7,10H,8-9,15H2,1-4H3,(H,16,18). The first kappa shape index (κ1) is 15.5. The van der Waals surface area contributed by atoms with Gasteiger partial charge >= 0.3 is 6.03 Å². The molecule has 19 heavy (non-hydrogen) atoms. The van der Waals surface area contributed by atoms with Gasteiger partial charge in [-0.25, -0.2) is 9.86 Å². The fraction of sp³-hybridized carbons (Fsp3) is 0.500. The Hall–Kier alpha value is -1.59. The molecule has 0 atom stereocenters. The van der Waals surface area contributed by atoms with Crippen LogP contribution in [0.5, 0.6) is 0 Å². The molecule has 0 spiro atoms. The molecule has 106 valence electrons. The molecular weight excluding hydrogens is 242 g/mol. The Labute approximate surface area is 114 Å². The molecule has 0 aliphatic heterocycles. The number of amides is 2. The van der Waals surface area contributed by atoms with Crippen LogP contribution in [0.2, 0.25) is 0 Å². The van der Waals surface area contributed by atoms with Crippen LogP contribution in [0, 0.1) is 0 Å². The molecule has 1 aromatic carbocycles. The number of hydrogen-bond acceptors (Lipinski definition) is 3. The molecule has 2 amide bonds. The number of nitrogens with one attached hydrogen (secondary N) is 1. The summed E-state index contributed by atoms with van der Waals surface area (Å²) in [7, 11) is 3.00. The molecule has 0 unspecified atom stereocenters. The van der Waals surface area contributed by atoms with Gasteiger partial charge in [0.25, 0.3) is 0 Å².